The molecule has 9 nitrogen and oxygen atoms in total. The Kier molecular flexibility index (Phi) is 3.45. The van der Waals surface area contributed by atoms with Crippen LogP contribution < -0.4 is 5.43 Å². The number of phenols is 1. The van der Waals surface area contributed by atoms with Gasteiger partial charge in [0.25, 0.3) is 0 Å². The minimum Gasteiger partial charge on any atom is -0.501 e. The monoisotopic (exact) mass is 328 g/mol. The van der Waals surface area contributed by atoms with Crippen molar-refractivity contribution in [3.05, 3.63) is 72.9 Å². The van der Waals surface area contributed by atoms with Crippen LogP contribution in [0.3, 0.4) is 0 Å². The Morgan fingerprint density at radius 2 is 1.67 bits per heavy atom. The fourth-order valence-corrected chi connectivity index (χ4v) is 2.34. The molecular formula is C15H8N2O7. The number of nitro groups is 2. The van der Waals surface area contributed by atoms with Crippen molar-refractivity contribution in [1.82, 2.24) is 0 Å². The first-order valence-corrected chi connectivity index (χ1v) is 6.58. The molecule has 9 heteroatoms. The lowest BCUT2D eigenvalue weighted by atomic mass is 10.1. The molecule has 0 saturated carbocycles. The maximum atomic E-state index is 12.2. The van der Waals surface area contributed by atoms with E-state index in [1.807, 2.05) is 0 Å². The molecule has 0 aliphatic rings. The zero-order chi connectivity index (χ0) is 17.4. The standard InChI is InChI=1S/C15H8N2O7/c18-10-7-11(8-4-2-1-3-5-8)24-12-6-9(16(20)21)14(17(22)23)15(19)13(10)12/h1-7,19H. The van der Waals surface area contributed by atoms with Crippen LogP contribution in [-0.2, 0) is 0 Å². The van der Waals surface area contributed by atoms with Crippen molar-refractivity contribution in [3.63, 3.8) is 0 Å². The molecular weight excluding hydrogens is 320 g/mol. The number of hydrogen-bond donors (Lipinski definition) is 1. The fraction of sp³-hybridized carbons (Fsp3) is 0. The average molecular weight is 328 g/mol. The van der Waals surface area contributed by atoms with Crippen molar-refractivity contribution in [2.75, 3.05) is 0 Å². The summed E-state index contributed by atoms with van der Waals surface area (Å²) >= 11 is 0. The van der Waals surface area contributed by atoms with Crippen molar-refractivity contribution >= 4 is 22.3 Å². The Hall–Kier alpha value is -3.75. The quantitative estimate of drug-likeness (QED) is 0.576. The van der Waals surface area contributed by atoms with Gasteiger partial charge in [0, 0.05) is 11.6 Å². The van der Waals surface area contributed by atoms with E-state index >= 15 is 0 Å². The molecule has 0 aliphatic heterocycles. The minimum atomic E-state index is -1.15. The molecule has 0 saturated heterocycles. The lowest BCUT2D eigenvalue weighted by molar-refractivity contribution is -0.422. The van der Waals surface area contributed by atoms with E-state index in [9.17, 15) is 30.1 Å². The lowest BCUT2D eigenvalue weighted by Gasteiger charge is -2.05. The van der Waals surface area contributed by atoms with Gasteiger partial charge in [-0.3, -0.25) is 25.0 Å². The number of phenolic OH excluding ortho intramolecular Hbond substituents is 1. The number of aromatic hydroxyl groups is 1. The summed E-state index contributed by atoms with van der Waals surface area (Å²) < 4.78 is 5.45. The Labute approximate surface area is 132 Å². The van der Waals surface area contributed by atoms with Crippen LogP contribution in [-0.4, -0.2) is 15.0 Å². The molecule has 0 radical (unpaired) electrons. The van der Waals surface area contributed by atoms with Crippen LogP contribution in [0.25, 0.3) is 22.3 Å². The largest absolute Gasteiger partial charge is 0.501 e. The average Bonchev–Trinajstić information content (AvgIpc) is 2.54. The number of nitro benzene ring substituents is 2. The predicted octanol–water partition coefficient (Wildman–Crippen LogP) is 2.98. The van der Waals surface area contributed by atoms with E-state index in [-0.39, 0.29) is 11.3 Å². The fourth-order valence-electron chi connectivity index (χ4n) is 2.34. The van der Waals surface area contributed by atoms with E-state index in [1.165, 1.54) is 0 Å². The van der Waals surface area contributed by atoms with Gasteiger partial charge in [0.2, 0.25) is 5.75 Å². The summed E-state index contributed by atoms with van der Waals surface area (Å²) in [7, 11) is 0. The number of hydrogen-bond acceptors (Lipinski definition) is 7. The Morgan fingerprint density at radius 1 is 1.00 bits per heavy atom. The SMILES string of the molecule is O=c1cc(-c2ccccc2)oc2cc([N+](=O)[O-])c([N+](=O)[O-])c(O)c12. The summed E-state index contributed by atoms with van der Waals surface area (Å²) in [6, 6.07) is 10.3. The second-order valence-electron chi connectivity index (χ2n) is 4.82. The molecule has 0 unspecified atom stereocenters. The van der Waals surface area contributed by atoms with Gasteiger partial charge in [-0.25, -0.2) is 0 Å². The zero-order valence-corrected chi connectivity index (χ0v) is 11.8. The van der Waals surface area contributed by atoms with Gasteiger partial charge < -0.3 is 9.52 Å². The highest BCUT2D eigenvalue weighted by atomic mass is 16.6. The lowest BCUT2D eigenvalue weighted by Crippen LogP contribution is -2.04. The molecule has 24 heavy (non-hydrogen) atoms. The van der Waals surface area contributed by atoms with E-state index in [1.54, 1.807) is 30.3 Å². The van der Waals surface area contributed by atoms with Crippen LogP contribution in [0.15, 0.2) is 51.7 Å². The van der Waals surface area contributed by atoms with Crippen LogP contribution in [0.2, 0.25) is 0 Å². The molecule has 1 N–H and O–H groups in total. The predicted molar refractivity (Wildman–Crippen MR) is 82.9 cm³/mol. The van der Waals surface area contributed by atoms with E-state index in [0.29, 0.717) is 5.56 Å². The van der Waals surface area contributed by atoms with Crippen molar-refractivity contribution in [1.29, 1.82) is 0 Å². The van der Waals surface area contributed by atoms with Crippen molar-refractivity contribution in [2.45, 2.75) is 0 Å². The van der Waals surface area contributed by atoms with E-state index < -0.39 is 37.8 Å². The van der Waals surface area contributed by atoms with Gasteiger partial charge in [-0.1, -0.05) is 30.3 Å². The molecule has 3 rings (SSSR count). The van der Waals surface area contributed by atoms with Crippen LogP contribution in [0.1, 0.15) is 0 Å². The molecule has 1 heterocycles. The van der Waals surface area contributed by atoms with E-state index in [4.69, 9.17) is 4.42 Å². The number of nitrogens with zero attached hydrogens (tertiary/aromatic N) is 2. The normalized spacial score (nSPS) is 10.7. The molecule has 1 aromatic heterocycles. The third-order valence-corrected chi connectivity index (χ3v) is 3.38. The molecule has 0 atom stereocenters. The topological polar surface area (TPSA) is 137 Å². The van der Waals surface area contributed by atoms with Crippen LogP contribution in [0, 0.1) is 20.2 Å². The maximum Gasteiger partial charge on any atom is 0.388 e. The summed E-state index contributed by atoms with van der Waals surface area (Å²) in [4.78, 5) is 32.1. The summed E-state index contributed by atoms with van der Waals surface area (Å²) in [6.07, 6.45) is 0. The first kappa shape index (κ1) is 15.2. The summed E-state index contributed by atoms with van der Waals surface area (Å²) in [5, 5.41) is 31.5. The van der Waals surface area contributed by atoms with Gasteiger partial charge in [-0.2, -0.15) is 0 Å². The molecule has 0 aliphatic carbocycles. The van der Waals surface area contributed by atoms with Crippen molar-refractivity contribution < 1.29 is 19.4 Å². The van der Waals surface area contributed by atoms with Crippen molar-refractivity contribution in [3.8, 4) is 17.1 Å². The summed E-state index contributed by atoms with van der Waals surface area (Å²) in [5.41, 5.74) is -2.62. The first-order chi connectivity index (χ1) is 11.4. The third-order valence-electron chi connectivity index (χ3n) is 3.38. The summed E-state index contributed by atoms with van der Waals surface area (Å²) in [5.74, 6) is -0.965. The van der Waals surface area contributed by atoms with Crippen molar-refractivity contribution in [2.24, 2.45) is 0 Å². The summed E-state index contributed by atoms with van der Waals surface area (Å²) in [6.45, 7) is 0. The van der Waals surface area contributed by atoms with Crippen LogP contribution in [0.4, 0.5) is 11.4 Å². The second kappa shape index (κ2) is 5.47. The third kappa shape index (κ3) is 2.33. The highest BCUT2D eigenvalue weighted by Gasteiger charge is 2.33. The Balaban J connectivity index is 2.41. The van der Waals surface area contributed by atoms with Gasteiger partial charge >= 0.3 is 11.4 Å². The van der Waals surface area contributed by atoms with Gasteiger partial charge in [0.15, 0.2) is 5.43 Å². The zero-order valence-electron chi connectivity index (χ0n) is 11.8. The molecule has 120 valence electrons. The Morgan fingerprint density at radius 3 is 2.25 bits per heavy atom. The van der Waals surface area contributed by atoms with E-state index in [0.717, 1.165) is 12.1 Å². The highest BCUT2D eigenvalue weighted by Crippen LogP contribution is 2.41. The smallest absolute Gasteiger partial charge is 0.388 e. The number of benzene rings is 2. The van der Waals surface area contributed by atoms with E-state index in [2.05, 4.69) is 0 Å². The number of rotatable bonds is 3. The first-order valence-electron chi connectivity index (χ1n) is 6.58. The number of fused-ring (bicyclic) bond motifs is 1. The van der Waals surface area contributed by atoms with Gasteiger partial charge in [0.05, 0.1) is 15.9 Å². The molecule has 0 spiro atoms. The highest BCUT2D eigenvalue weighted by molar-refractivity contribution is 5.92. The molecule has 2 aromatic carbocycles. The molecule has 0 amide bonds. The second-order valence-corrected chi connectivity index (χ2v) is 4.82. The molecule has 0 fully saturated rings. The Bertz CT molecular complexity index is 1040. The van der Waals surface area contributed by atoms with Gasteiger partial charge in [-0.05, 0) is 0 Å². The minimum absolute atomic E-state index is 0.121. The van der Waals surface area contributed by atoms with Crippen LogP contribution in [0.5, 0.6) is 5.75 Å². The maximum absolute atomic E-state index is 12.2. The molecule has 3 aromatic rings. The van der Waals surface area contributed by atoms with Gasteiger partial charge in [0.1, 0.15) is 16.7 Å². The van der Waals surface area contributed by atoms with Crippen LogP contribution >= 0.6 is 0 Å². The molecule has 0 bridgehead atoms. The van der Waals surface area contributed by atoms with Gasteiger partial charge in [-0.15, -0.1) is 0 Å².